The lowest BCUT2D eigenvalue weighted by atomic mass is 9.70. The molecule has 2 aliphatic carbocycles. The van der Waals surface area contributed by atoms with E-state index in [-0.39, 0.29) is 0 Å². The van der Waals surface area contributed by atoms with Gasteiger partial charge >= 0.3 is 0 Å². The average Bonchev–Trinajstić information content (AvgIpc) is 4.16. The molecule has 14 aromatic rings. The first-order valence-electron chi connectivity index (χ1n) is 24.2. The summed E-state index contributed by atoms with van der Waals surface area (Å²) in [6, 6.07) is 86.9. The van der Waals surface area contributed by atoms with E-state index in [0.29, 0.717) is 0 Å². The molecule has 324 valence electrons. The molecule has 3 heteroatoms. The van der Waals surface area contributed by atoms with Crippen molar-refractivity contribution < 1.29 is 8.83 Å². The van der Waals surface area contributed by atoms with E-state index in [0.717, 1.165) is 72.1 Å². The van der Waals surface area contributed by atoms with Crippen LogP contribution in [0.25, 0.3) is 110 Å². The Bertz CT molecular complexity index is 4460. The highest BCUT2D eigenvalue weighted by Crippen LogP contribution is 2.63. The third-order valence-corrected chi connectivity index (χ3v) is 15.6. The van der Waals surface area contributed by atoms with Crippen molar-refractivity contribution in [2.45, 2.75) is 5.41 Å². The minimum Gasteiger partial charge on any atom is -0.456 e. The molecular formula is C67H39NO2. The van der Waals surface area contributed by atoms with E-state index in [1.807, 2.05) is 6.07 Å². The summed E-state index contributed by atoms with van der Waals surface area (Å²) >= 11 is 0. The SMILES string of the molecule is c1ccc(N(c2ccc3c(c2)C2(c4ccccc4-c4ccccc42)c2ccccc2-3)c2ccc3c(oc4ccc5oc6ccccc6c5c43)c2-c2ccc3c4ccccc4c4ccccc4c3c2)cc1. The van der Waals surface area contributed by atoms with E-state index >= 15 is 0 Å². The second-order valence-electron chi connectivity index (χ2n) is 19.0. The van der Waals surface area contributed by atoms with E-state index in [1.54, 1.807) is 0 Å². The zero-order valence-electron chi connectivity index (χ0n) is 37.8. The monoisotopic (exact) mass is 889 g/mol. The van der Waals surface area contributed by atoms with E-state index in [2.05, 4.69) is 235 Å². The first-order chi connectivity index (χ1) is 34.7. The number of hydrogen-bond donors (Lipinski definition) is 0. The van der Waals surface area contributed by atoms with Crippen molar-refractivity contribution in [3.63, 3.8) is 0 Å². The van der Waals surface area contributed by atoms with Crippen molar-refractivity contribution in [3.05, 3.63) is 259 Å². The molecule has 2 heterocycles. The van der Waals surface area contributed by atoms with Gasteiger partial charge in [-0.3, -0.25) is 0 Å². The van der Waals surface area contributed by atoms with Crippen molar-refractivity contribution in [2.24, 2.45) is 0 Å². The largest absolute Gasteiger partial charge is 0.456 e. The predicted molar refractivity (Wildman–Crippen MR) is 290 cm³/mol. The van der Waals surface area contributed by atoms with Gasteiger partial charge in [-0.2, -0.15) is 0 Å². The topological polar surface area (TPSA) is 29.5 Å². The molecule has 0 amide bonds. The zero-order valence-corrected chi connectivity index (χ0v) is 37.8. The van der Waals surface area contributed by atoms with Crippen LogP contribution in [0.2, 0.25) is 0 Å². The standard InChI is InChI=1S/C67H39NO2/c1-2-16-41(17-3-1)68(42-31-33-51-50-24-10-14-28-57(50)67(58(51)39-42)55-26-12-8-22-48(55)49-23-9-13-27-56(49)67)59-35-34-53-65-62(37-36-61-64(65)52-25-11-15-29-60(52)69-61)70-66(53)63(59)40-30-32-47-45-20-5-4-18-43(45)44-19-6-7-21-46(44)54(47)38-40/h1-39H. The maximum atomic E-state index is 7.30. The van der Waals surface area contributed by atoms with Crippen LogP contribution in [0.5, 0.6) is 0 Å². The van der Waals surface area contributed by atoms with Gasteiger partial charge in [0.25, 0.3) is 0 Å². The van der Waals surface area contributed by atoms with Gasteiger partial charge in [-0.25, -0.2) is 0 Å². The first kappa shape index (κ1) is 37.9. The molecule has 1 spiro atoms. The van der Waals surface area contributed by atoms with Crippen LogP contribution in [0.4, 0.5) is 17.1 Å². The van der Waals surface area contributed by atoms with Crippen LogP contribution >= 0.6 is 0 Å². The molecule has 0 aliphatic heterocycles. The molecule has 3 nitrogen and oxygen atoms in total. The van der Waals surface area contributed by atoms with Crippen LogP contribution in [0, 0.1) is 0 Å². The Morgan fingerprint density at radius 3 is 1.46 bits per heavy atom. The fourth-order valence-electron chi connectivity index (χ4n) is 12.9. The maximum absolute atomic E-state index is 7.30. The summed E-state index contributed by atoms with van der Waals surface area (Å²) in [5.74, 6) is 0. The van der Waals surface area contributed by atoms with E-state index in [9.17, 15) is 0 Å². The summed E-state index contributed by atoms with van der Waals surface area (Å²) in [7, 11) is 0. The summed E-state index contributed by atoms with van der Waals surface area (Å²) in [5, 5.41) is 11.7. The fraction of sp³-hybridized carbons (Fsp3) is 0.0149. The number of para-hydroxylation sites is 2. The molecular weight excluding hydrogens is 851 g/mol. The Labute approximate surface area is 402 Å². The summed E-state index contributed by atoms with van der Waals surface area (Å²) in [6.07, 6.45) is 0. The second kappa shape index (κ2) is 13.9. The average molecular weight is 890 g/mol. The lowest BCUT2D eigenvalue weighted by Crippen LogP contribution is -2.26. The number of hydrogen-bond acceptors (Lipinski definition) is 3. The van der Waals surface area contributed by atoms with Gasteiger partial charge in [0.2, 0.25) is 0 Å². The molecule has 2 aromatic heterocycles. The molecule has 16 rings (SSSR count). The molecule has 0 fully saturated rings. The minimum atomic E-state index is -0.496. The molecule has 0 unspecified atom stereocenters. The quantitative estimate of drug-likeness (QED) is 0.165. The molecule has 12 aromatic carbocycles. The third-order valence-electron chi connectivity index (χ3n) is 15.6. The van der Waals surface area contributed by atoms with Gasteiger partial charge in [-0.05, 0) is 143 Å². The van der Waals surface area contributed by atoms with E-state index in [1.165, 1.54) is 76.8 Å². The Morgan fingerprint density at radius 2 is 0.800 bits per heavy atom. The number of furan rings is 2. The third kappa shape index (κ3) is 4.88. The van der Waals surface area contributed by atoms with Crippen LogP contribution < -0.4 is 4.90 Å². The first-order valence-corrected chi connectivity index (χ1v) is 24.2. The number of anilines is 3. The molecule has 0 radical (unpaired) electrons. The van der Waals surface area contributed by atoms with Crippen molar-refractivity contribution >= 4 is 93.3 Å². The van der Waals surface area contributed by atoms with Gasteiger partial charge < -0.3 is 13.7 Å². The van der Waals surface area contributed by atoms with Crippen LogP contribution in [-0.2, 0) is 5.41 Å². The Balaban J connectivity index is 1.02. The van der Waals surface area contributed by atoms with Crippen molar-refractivity contribution in [1.82, 2.24) is 0 Å². The second-order valence-corrected chi connectivity index (χ2v) is 19.0. The van der Waals surface area contributed by atoms with Crippen molar-refractivity contribution in [1.29, 1.82) is 0 Å². The highest BCUT2D eigenvalue weighted by Gasteiger charge is 2.51. The van der Waals surface area contributed by atoms with Gasteiger partial charge in [-0.15, -0.1) is 0 Å². The molecule has 0 N–H and O–H groups in total. The Hall–Kier alpha value is -9.18. The Kier molecular flexibility index (Phi) is 7.54. The fourth-order valence-corrected chi connectivity index (χ4v) is 12.9. The van der Waals surface area contributed by atoms with Gasteiger partial charge in [-0.1, -0.05) is 176 Å². The maximum Gasteiger partial charge on any atom is 0.145 e. The van der Waals surface area contributed by atoms with Gasteiger partial charge in [0.05, 0.1) is 11.1 Å². The van der Waals surface area contributed by atoms with Crippen molar-refractivity contribution in [2.75, 3.05) is 4.90 Å². The zero-order chi connectivity index (χ0) is 45.7. The van der Waals surface area contributed by atoms with Gasteiger partial charge in [0.1, 0.15) is 22.3 Å². The molecule has 0 saturated carbocycles. The molecule has 2 aliphatic rings. The van der Waals surface area contributed by atoms with Crippen LogP contribution in [0.1, 0.15) is 22.3 Å². The van der Waals surface area contributed by atoms with E-state index in [4.69, 9.17) is 8.83 Å². The van der Waals surface area contributed by atoms with Crippen LogP contribution in [0.15, 0.2) is 245 Å². The smallest absolute Gasteiger partial charge is 0.145 e. The highest BCUT2D eigenvalue weighted by molar-refractivity contribution is 6.29. The Morgan fingerprint density at radius 1 is 0.300 bits per heavy atom. The summed E-state index contributed by atoms with van der Waals surface area (Å²) in [6.45, 7) is 0. The van der Waals surface area contributed by atoms with Crippen LogP contribution in [0.3, 0.4) is 0 Å². The minimum absolute atomic E-state index is 0.496. The lowest BCUT2D eigenvalue weighted by molar-refractivity contribution is 0.663. The normalized spacial score (nSPS) is 13.3. The van der Waals surface area contributed by atoms with Gasteiger partial charge in [0.15, 0.2) is 0 Å². The van der Waals surface area contributed by atoms with E-state index < -0.39 is 5.41 Å². The summed E-state index contributed by atoms with van der Waals surface area (Å²) in [4.78, 5) is 2.46. The van der Waals surface area contributed by atoms with Crippen molar-refractivity contribution in [3.8, 4) is 33.4 Å². The number of nitrogens with zero attached hydrogens (tertiary/aromatic N) is 1. The lowest BCUT2D eigenvalue weighted by Gasteiger charge is -2.32. The molecule has 0 saturated heterocycles. The van der Waals surface area contributed by atoms with Gasteiger partial charge in [0, 0.05) is 38.5 Å². The summed E-state index contributed by atoms with van der Waals surface area (Å²) in [5.41, 5.74) is 18.5. The number of benzene rings is 12. The molecule has 0 bridgehead atoms. The number of rotatable bonds is 4. The highest BCUT2D eigenvalue weighted by atomic mass is 16.3. The number of fused-ring (bicyclic) bond motifs is 23. The molecule has 0 atom stereocenters. The summed E-state index contributed by atoms with van der Waals surface area (Å²) < 4.78 is 13.8. The predicted octanol–water partition coefficient (Wildman–Crippen LogP) is 18.4. The molecule has 70 heavy (non-hydrogen) atoms. The van der Waals surface area contributed by atoms with Crippen LogP contribution in [-0.4, -0.2) is 0 Å².